The zero-order valence-corrected chi connectivity index (χ0v) is 14.8. The predicted molar refractivity (Wildman–Crippen MR) is 95.5 cm³/mol. The molecule has 3 rings (SSSR count). The van der Waals surface area contributed by atoms with Gasteiger partial charge in [-0.1, -0.05) is 31.2 Å². The molecule has 0 amide bonds. The van der Waals surface area contributed by atoms with Crippen molar-refractivity contribution in [3.05, 3.63) is 35.4 Å². The van der Waals surface area contributed by atoms with Gasteiger partial charge in [0.2, 0.25) is 0 Å². The van der Waals surface area contributed by atoms with Gasteiger partial charge in [-0.2, -0.15) is 0 Å². The van der Waals surface area contributed by atoms with Crippen molar-refractivity contribution in [1.82, 2.24) is 9.80 Å². The number of aliphatic hydroxyl groups excluding tert-OH is 1. The van der Waals surface area contributed by atoms with Crippen LogP contribution in [-0.4, -0.2) is 54.7 Å². The van der Waals surface area contributed by atoms with Gasteiger partial charge in [0, 0.05) is 13.1 Å². The van der Waals surface area contributed by atoms with Crippen LogP contribution in [0.3, 0.4) is 0 Å². The second-order valence-electron chi connectivity index (χ2n) is 8.19. The number of piperidine rings is 1. The molecule has 0 aliphatic carbocycles. The second-order valence-corrected chi connectivity index (χ2v) is 8.19. The average Bonchev–Trinajstić information content (AvgIpc) is 2.97. The van der Waals surface area contributed by atoms with Crippen LogP contribution in [0, 0.1) is 11.3 Å². The third-order valence-electron chi connectivity index (χ3n) is 5.87. The van der Waals surface area contributed by atoms with Gasteiger partial charge < -0.3 is 14.9 Å². The molecule has 3 heteroatoms. The molecule has 0 spiro atoms. The smallest absolute Gasteiger partial charge is 0.0681 e. The normalized spacial score (nSPS) is 25.8. The zero-order valence-electron chi connectivity index (χ0n) is 14.8. The molecule has 2 heterocycles. The molecule has 0 aromatic heterocycles. The Hall–Kier alpha value is -0.900. The number of hydrogen-bond donors (Lipinski definition) is 1. The van der Waals surface area contributed by atoms with Crippen LogP contribution in [0.4, 0.5) is 0 Å². The van der Waals surface area contributed by atoms with E-state index >= 15 is 0 Å². The molecule has 1 unspecified atom stereocenters. The molecular formula is C20H32N2O. The summed E-state index contributed by atoms with van der Waals surface area (Å²) in [6.07, 6.45) is 5.15. The van der Waals surface area contributed by atoms with Crippen LogP contribution in [0.1, 0.15) is 37.3 Å². The van der Waals surface area contributed by atoms with Crippen molar-refractivity contribution < 1.29 is 5.11 Å². The van der Waals surface area contributed by atoms with Crippen molar-refractivity contribution in [3.8, 4) is 0 Å². The van der Waals surface area contributed by atoms with Crippen LogP contribution in [0.5, 0.6) is 0 Å². The van der Waals surface area contributed by atoms with E-state index < -0.39 is 0 Å². The summed E-state index contributed by atoms with van der Waals surface area (Å²) in [6.45, 7) is 8.91. The van der Waals surface area contributed by atoms with E-state index in [1.54, 1.807) is 0 Å². The van der Waals surface area contributed by atoms with E-state index in [2.05, 4.69) is 42.0 Å². The summed E-state index contributed by atoms with van der Waals surface area (Å²) >= 11 is 0. The lowest BCUT2D eigenvalue weighted by Crippen LogP contribution is -2.43. The third-order valence-corrected chi connectivity index (χ3v) is 5.87. The van der Waals surface area contributed by atoms with E-state index in [-0.39, 0.29) is 6.61 Å². The number of hydrogen-bond acceptors (Lipinski definition) is 3. The van der Waals surface area contributed by atoms with Gasteiger partial charge in [-0.15, -0.1) is 0 Å². The lowest BCUT2D eigenvalue weighted by Gasteiger charge is -2.40. The van der Waals surface area contributed by atoms with Crippen LogP contribution in [0.2, 0.25) is 0 Å². The van der Waals surface area contributed by atoms with Crippen molar-refractivity contribution in [1.29, 1.82) is 0 Å². The Morgan fingerprint density at radius 2 is 1.91 bits per heavy atom. The van der Waals surface area contributed by atoms with Gasteiger partial charge in [0.15, 0.2) is 0 Å². The molecule has 1 aromatic rings. The van der Waals surface area contributed by atoms with Crippen molar-refractivity contribution in [3.63, 3.8) is 0 Å². The van der Waals surface area contributed by atoms with Crippen LogP contribution in [-0.2, 0) is 13.0 Å². The maximum absolute atomic E-state index is 9.28. The van der Waals surface area contributed by atoms with Crippen molar-refractivity contribution in [2.45, 2.75) is 39.2 Å². The second kappa shape index (κ2) is 7.33. The van der Waals surface area contributed by atoms with E-state index in [0.29, 0.717) is 5.41 Å². The minimum absolute atomic E-state index is 0.150. The first-order valence-electron chi connectivity index (χ1n) is 9.16. The average molecular weight is 316 g/mol. The van der Waals surface area contributed by atoms with Gasteiger partial charge in [0.05, 0.1) is 6.61 Å². The molecule has 2 aliphatic heterocycles. The third kappa shape index (κ3) is 4.56. The summed E-state index contributed by atoms with van der Waals surface area (Å²) < 4.78 is 0. The standard InChI is InChI=1S/C20H32N2O/c1-20(7-10-21(2)11-8-20)16-22-9-6-18(14-22)12-17-4-3-5-19(13-17)15-23/h3-5,13,18,23H,6-12,14-16H2,1-2H3. The molecule has 0 saturated carbocycles. The Morgan fingerprint density at radius 3 is 2.65 bits per heavy atom. The Bertz CT molecular complexity index is 508. The molecule has 23 heavy (non-hydrogen) atoms. The fourth-order valence-electron chi connectivity index (χ4n) is 4.27. The first kappa shape index (κ1) is 16.9. The van der Waals surface area contributed by atoms with E-state index in [1.807, 2.05) is 6.07 Å². The van der Waals surface area contributed by atoms with Gasteiger partial charge in [0.1, 0.15) is 0 Å². The molecule has 2 saturated heterocycles. The van der Waals surface area contributed by atoms with Crippen LogP contribution in [0.15, 0.2) is 24.3 Å². The summed E-state index contributed by atoms with van der Waals surface area (Å²) in [5, 5.41) is 9.28. The lowest BCUT2D eigenvalue weighted by molar-refractivity contribution is 0.0954. The van der Waals surface area contributed by atoms with Crippen molar-refractivity contribution in [2.75, 3.05) is 39.8 Å². The highest BCUT2D eigenvalue weighted by atomic mass is 16.3. The largest absolute Gasteiger partial charge is 0.392 e. The fraction of sp³-hybridized carbons (Fsp3) is 0.700. The summed E-state index contributed by atoms with van der Waals surface area (Å²) in [6, 6.07) is 8.46. The molecule has 0 radical (unpaired) electrons. The van der Waals surface area contributed by atoms with E-state index in [4.69, 9.17) is 0 Å². The summed E-state index contributed by atoms with van der Waals surface area (Å²) in [7, 11) is 2.24. The quantitative estimate of drug-likeness (QED) is 0.905. The van der Waals surface area contributed by atoms with Crippen LogP contribution in [0.25, 0.3) is 0 Å². The Labute approximate surface area is 141 Å². The maximum atomic E-state index is 9.28. The lowest BCUT2D eigenvalue weighted by atomic mass is 9.80. The van der Waals surface area contributed by atoms with E-state index in [0.717, 1.165) is 17.9 Å². The van der Waals surface area contributed by atoms with Gasteiger partial charge in [0.25, 0.3) is 0 Å². The predicted octanol–water partition coefficient (Wildman–Crippen LogP) is 2.78. The molecule has 2 aliphatic rings. The van der Waals surface area contributed by atoms with Crippen LogP contribution >= 0.6 is 0 Å². The molecule has 2 fully saturated rings. The fourth-order valence-corrected chi connectivity index (χ4v) is 4.27. The highest BCUT2D eigenvalue weighted by molar-refractivity contribution is 5.23. The number of rotatable bonds is 5. The highest BCUT2D eigenvalue weighted by Crippen LogP contribution is 2.33. The number of likely N-dealkylation sites (tertiary alicyclic amines) is 2. The van der Waals surface area contributed by atoms with Crippen molar-refractivity contribution in [2.24, 2.45) is 11.3 Å². The van der Waals surface area contributed by atoms with Gasteiger partial charge in [-0.05, 0) is 74.8 Å². The minimum atomic E-state index is 0.150. The molecule has 128 valence electrons. The number of benzene rings is 1. The Morgan fingerprint density at radius 1 is 1.17 bits per heavy atom. The monoisotopic (exact) mass is 316 g/mol. The topological polar surface area (TPSA) is 26.7 Å². The SMILES string of the molecule is CN1CCC(C)(CN2CCC(Cc3cccc(CO)c3)C2)CC1. The van der Waals surface area contributed by atoms with E-state index in [1.165, 1.54) is 57.5 Å². The van der Waals surface area contributed by atoms with Gasteiger partial charge >= 0.3 is 0 Å². The minimum Gasteiger partial charge on any atom is -0.392 e. The zero-order chi connectivity index (χ0) is 16.3. The van der Waals surface area contributed by atoms with Gasteiger partial charge in [-0.25, -0.2) is 0 Å². The molecule has 1 atom stereocenters. The Kier molecular flexibility index (Phi) is 5.40. The molecule has 0 bridgehead atoms. The molecule has 1 aromatic carbocycles. The number of nitrogens with zero attached hydrogens (tertiary/aromatic N) is 2. The summed E-state index contributed by atoms with van der Waals surface area (Å²) in [4.78, 5) is 5.16. The first-order valence-corrected chi connectivity index (χ1v) is 9.16. The molecular weight excluding hydrogens is 284 g/mol. The molecule has 3 nitrogen and oxygen atoms in total. The summed E-state index contributed by atoms with van der Waals surface area (Å²) in [5.74, 6) is 0.777. The van der Waals surface area contributed by atoms with Gasteiger partial charge in [-0.3, -0.25) is 0 Å². The summed E-state index contributed by atoms with van der Waals surface area (Å²) in [5.41, 5.74) is 2.93. The Balaban J connectivity index is 1.50. The maximum Gasteiger partial charge on any atom is 0.0681 e. The van der Waals surface area contributed by atoms with E-state index in [9.17, 15) is 5.11 Å². The highest BCUT2D eigenvalue weighted by Gasteiger charge is 2.33. The molecule has 1 N–H and O–H groups in total. The first-order chi connectivity index (χ1) is 11.1. The number of aliphatic hydroxyl groups is 1. The van der Waals surface area contributed by atoms with Crippen LogP contribution < -0.4 is 0 Å². The van der Waals surface area contributed by atoms with Crippen molar-refractivity contribution >= 4 is 0 Å².